The van der Waals surface area contributed by atoms with Crippen LogP contribution in [0.2, 0.25) is 5.02 Å². The zero-order valence-corrected chi connectivity index (χ0v) is 8.79. The molecule has 1 rings (SSSR count). The summed E-state index contributed by atoms with van der Waals surface area (Å²) in [6, 6.07) is 3.86. The number of hydrogen-bond donors (Lipinski definition) is 1. The number of esters is 1. The summed E-state index contributed by atoms with van der Waals surface area (Å²) in [6.45, 7) is 0. The van der Waals surface area contributed by atoms with E-state index in [0.29, 0.717) is 0 Å². The fourth-order valence-electron chi connectivity index (χ4n) is 1.12. The Bertz CT molecular complexity index is 368. The van der Waals surface area contributed by atoms with Gasteiger partial charge in [0, 0.05) is 10.6 Å². The summed E-state index contributed by atoms with van der Waals surface area (Å²) in [5, 5.41) is 9.75. The molecule has 0 amide bonds. The third-order valence-corrected chi connectivity index (χ3v) is 2.14. The van der Waals surface area contributed by atoms with Crippen molar-refractivity contribution in [3.63, 3.8) is 0 Å². The molecule has 5 heteroatoms. The molecule has 0 fully saturated rings. The van der Waals surface area contributed by atoms with Gasteiger partial charge in [-0.3, -0.25) is 4.79 Å². The maximum atomic E-state index is 13.3. The van der Waals surface area contributed by atoms with Gasteiger partial charge in [0.15, 0.2) is 0 Å². The summed E-state index contributed by atoms with van der Waals surface area (Å²) >= 11 is 5.54. The zero-order chi connectivity index (χ0) is 11.4. The third-order valence-electron chi connectivity index (χ3n) is 1.91. The van der Waals surface area contributed by atoms with E-state index in [1.54, 1.807) is 0 Å². The minimum absolute atomic E-state index is 0.0322. The molecule has 0 saturated carbocycles. The lowest BCUT2D eigenvalue weighted by atomic mass is 10.1. The summed E-state index contributed by atoms with van der Waals surface area (Å²) in [6.07, 6.45) is -1.50. The largest absolute Gasteiger partial charge is 0.469 e. The Hall–Kier alpha value is -1.13. The summed E-state index contributed by atoms with van der Waals surface area (Å²) in [4.78, 5) is 10.8. The number of methoxy groups -OCH3 is 1. The molecular formula is C10H10ClFO3. The quantitative estimate of drug-likeness (QED) is 0.812. The molecular weight excluding hydrogens is 223 g/mol. The second-order valence-electron chi connectivity index (χ2n) is 2.96. The molecule has 1 atom stereocenters. The van der Waals surface area contributed by atoms with Crippen molar-refractivity contribution in [2.45, 2.75) is 12.5 Å². The lowest BCUT2D eigenvalue weighted by molar-refractivity contribution is -0.142. The molecule has 1 aromatic rings. The molecule has 1 unspecified atom stereocenters. The first kappa shape index (κ1) is 11.9. The second kappa shape index (κ2) is 5.09. The molecule has 0 radical (unpaired) electrons. The minimum Gasteiger partial charge on any atom is -0.469 e. The normalized spacial score (nSPS) is 12.3. The van der Waals surface area contributed by atoms with Crippen LogP contribution in [0.3, 0.4) is 0 Å². The van der Waals surface area contributed by atoms with Crippen molar-refractivity contribution in [3.05, 3.63) is 34.6 Å². The molecule has 0 aliphatic rings. The SMILES string of the molecule is COC(=O)CC(O)c1ccc(Cl)cc1F. The van der Waals surface area contributed by atoms with Crippen LogP contribution in [0.25, 0.3) is 0 Å². The first-order chi connectivity index (χ1) is 7.04. The van der Waals surface area contributed by atoms with E-state index < -0.39 is 17.9 Å². The maximum absolute atomic E-state index is 13.3. The van der Waals surface area contributed by atoms with Crippen LogP contribution in [0.5, 0.6) is 0 Å². The van der Waals surface area contributed by atoms with Crippen LogP contribution >= 0.6 is 11.6 Å². The van der Waals surface area contributed by atoms with E-state index in [0.717, 1.165) is 6.07 Å². The van der Waals surface area contributed by atoms with Crippen LogP contribution in [0.4, 0.5) is 4.39 Å². The zero-order valence-electron chi connectivity index (χ0n) is 8.04. The fourth-order valence-corrected chi connectivity index (χ4v) is 1.28. The lowest BCUT2D eigenvalue weighted by Crippen LogP contribution is -2.09. The molecule has 3 nitrogen and oxygen atoms in total. The number of rotatable bonds is 3. The average molecular weight is 233 g/mol. The molecule has 0 aliphatic carbocycles. The van der Waals surface area contributed by atoms with E-state index in [1.807, 2.05) is 0 Å². The van der Waals surface area contributed by atoms with Gasteiger partial charge in [0.25, 0.3) is 0 Å². The lowest BCUT2D eigenvalue weighted by Gasteiger charge is -2.10. The van der Waals surface area contributed by atoms with Gasteiger partial charge in [-0.25, -0.2) is 4.39 Å². The van der Waals surface area contributed by atoms with E-state index in [9.17, 15) is 14.3 Å². The highest BCUT2D eigenvalue weighted by atomic mass is 35.5. The van der Waals surface area contributed by atoms with Gasteiger partial charge in [0.05, 0.1) is 19.6 Å². The molecule has 0 spiro atoms. The van der Waals surface area contributed by atoms with E-state index in [4.69, 9.17) is 11.6 Å². The van der Waals surface area contributed by atoms with Crippen molar-refractivity contribution >= 4 is 17.6 Å². The van der Waals surface area contributed by atoms with E-state index >= 15 is 0 Å². The molecule has 1 N–H and O–H groups in total. The number of carbonyl (C=O) groups excluding carboxylic acids is 1. The summed E-state index contributed by atoms with van der Waals surface area (Å²) < 4.78 is 17.6. The summed E-state index contributed by atoms with van der Waals surface area (Å²) in [5.74, 6) is -1.24. The van der Waals surface area contributed by atoms with Gasteiger partial charge in [-0.2, -0.15) is 0 Å². The Morgan fingerprint density at radius 2 is 2.33 bits per heavy atom. The third kappa shape index (κ3) is 3.18. The summed E-state index contributed by atoms with van der Waals surface area (Å²) in [5.41, 5.74) is 0.0322. The number of aliphatic hydroxyl groups excluding tert-OH is 1. The Morgan fingerprint density at radius 3 is 2.87 bits per heavy atom. The van der Waals surface area contributed by atoms with E-state index in [2.05, 4.69) is 4.74 Å². The van der Waals surface area contributed by atoms with Gasteiger partial charge in [-0.05, 0) is 12.1 Å². The highest BCUT2D eigenvalue weighted by molar-refractivity contribution is 6.30. The number of hydrogen-bond acceptors (Lipinski definition) is 3. The molecule has 0 bridgehead atoms. The number of halogens is 2. The predicted octanol–water partition coefficient (Wildman–Crippen LogP) is 2.08. The van der Waals surface area contributed by atoms with Gasteiger partial charge >= 0.3 is 5.97 Å². The van der Waals surface area contributed by atoms with Crippen LogP contribution in [0.15, 0.2) is 18.2 Å². The van der Waals surface area contributed by atoms with E-state index in [-0.39, 0.29) is 17.0 Å². The molecule has 0 heterocycles. The monoisotopic (exact) mass is 232 g/mol. The van der Waals surface area contributed by atoms with Crippen molar-refractivity contribution < 1.29 is 19.0 Å². The average Bonchev–Trinajstić information content (AvgIpc) is 2.17. The Morgan fingerprint density at radius 1 is 1.67 bits per heavy atom. The molecule has 0 saturated heterocycles. The molecule has 15 heavy (non-hydrogen) atoms. The van der Waals surface area contributed by atoms with Gasteiger partial charge < -0.3 is 9.84 Å². The van der Waals surface area contributed by atoms with Gasteiger partial charge in [0.2, 0.25) is 0 Å². The molecule has 0 aliphatic heterocycles. The van der Waals surface area contributed by atoms with Crippen molar-refractivity contribution in [1.82, 2.24) is 0 Å². The maximum Gasteiger partial charge on any atom is 0.308 e. The Balaban J connectivity index is 2.82. The van der Waals surface area contributed by atoms with Crippen LogP contribution in [-0.2, 0) is 9.53 Å². The van der Waals surface area contributed by atoms with Gasteiger partial charge in [-0.1, -0.05) is 17.7 Å². The van der Waals surface area contributed by atoms with Gasteiger partial charge in [-0.15, -0.1) is 0 Å². The van der Waals surface area contributed by atoms with Crippen LogP contribution in [0, 0.1) is 5.82 Å². The van der Waals surface area contributed by atoms with Crippen LogP contribution in [0.1, 0.15) is 18.1 Å². The molecule has 82 valence electrons. The highest BCUT2D eigenvalue weighted by Crippen LogP contribution is 2.23. The topological polar surface area (TPSA) is 46.5 Å². The van der Waals surface area contributed by atoms with E-state index in [1.165, 1.54) is 19.2 Å². The van der Waals surface area contributed by atoms with Crippen LogP contribution < -0.4 is 0 Å². The minimum atomic E-state index is -1.21. The first-order valence-corrected chi connectivity index (χ1v) is 4.62. The highest BCUT2D eigenvalue weighted by Gasteiger charge is 2.17. The molecule has 1 aromatic carbocycles. The smallest absolute Gasteiger partial charge is 0.308 e. The molecule has 0 aromatic heterocycles. The van der Waals surface area contributed by atoms with Crippen molar-refractivity contribution in [2.24, 2.45) is 0 Å². The Kier molecular flexibility index (Phi) is 4.05. The van der Waals surface area contributed by atoms with Gasteiger partial charge in [0.1, 0.15) is 5.82 Å². The predicted molar refractivity (Wildman–Crippen MR) is 53.0 cm³/mol. The van der Waals surface area contributed by atoms with Crippen LogP contribution in [-0.4, -0.2) is 18.2 Å². The number of benzene rings is 1. The van der Waals surface area contributed by atoms with Crippen molar-refractivity contribution in [2.75, 3.05) is 7.11 Å². The summed E-state index contributed by atoms with van der Waals surface area (Å²) in [7, 11) is 1.20. The number of aliphatic hydroxyl groups is 1. The Labute approximate surface area is 91.4 Å². The number of ether oxygens (including phenoxy) is 1. The van der Waals surface area contributed by atoms with Crippen molar-refractivity contribution in [1.29, 1.82) is 0 Å². The van der Waals surface area contributed by atoms with Crippen molar-refractivity contribution in [3.8, 4) is 0 Å². The standard InChI is InChI=1S/C10H10ClFO3/c1-15-10(14)5-9(13)7-3-2-6(11)4-8(7)12/h2-4,9,13H,5H2,1H3. The number of carbonyl (C=O) groups is 1. The first-order valence-electron chi connectivity index (χ1n) is 4.24. The fraction of sp³-hybridized carbons (Fsp3) is 0.300. The second-order valence-corrected chi connectivity index (χ2v) is 3.40.